The average Bonchev–Trinajstić information content (AvgIpc) is 2.85. The fourth-order valence-corrected chi connectivity index (χ4v) is 5.96. The molecule has 0 unspecified atom stereocenters. The molecule has 3 rings (SSSR count). The first-order valence-electron chi connectivity index (χ1n) is 8.75. The number of hydrogen-bond donors (Lipinski definition) is 1. The van der Waals surface area contributed by atoms with E-state index in [0.717, 1.165) is 48.9 Å². The zero-order valence-electron chi connectivity index (χ0n) is 15.2. The molecule has 0 bridgehead atoms. The molecule has 25 heavy (non-hydrogen) atoms. The van der Waals surface area contributed by atoms with Gasteiger partial charge in [-0.1, -0.05) is 25.1 Å². The molecule has 1 fully saturated rings. The third-order valence-corrected chi connectivity index (χ3v) is 7.20. The van der Waals surface area contributed by atoms with E-state index in [1.165, 1.54) is 0 Å². The average molecular weight is 386 g/mol. The first-order valence-corrected chi connectivity index (χ1v) is 10.2. The fraction of sp³-hybridized carbons (Fsp3) is 0.556. The SMILES string of the molecule is CCCN(C1CCNCC1)S(=O)(=O)c1c(C)n(C)c2ccccc12.Cl. The first-order chi connectivity index (χ1) is 11.5. The van der Waals surface area contributed by atoms with Crippen molar-refractivity contribution < 1.29 is 8.42 Å². The maximum absolute atomic E-state index is 13.6. The molecule has 0 aliphatic carbocycles. The second-order valence-corrected chi connectivity index (χ2v) is 8.42. The lowest BCUT2D eigenvalue weighted by Crippen LogP contribution is -2.46. The summed E-state index contributed by atoms with van der Waals surface area (Å²) >= 11 is 0. The summed E-state index contributed by atoms with van der Waals surface area (Å²) in [6, 6.07) is 7.86. The number of nitrogens with zero attached hydrogens (tertiary/aromatic N) is 2. The Hall–Kier alpha value is -1.08. The largest absolute Gasteiger partial charge is 0.347 e. The van der Waals surface area contributed by atoms with Crippen LogP contribution in [0.2, 0.25) is 0 Å². The Kier molecular flexibility index (Phi) is 6.54. The molecule has 1 aromatic carbocycles. The van der Waals surface area contributed by atoms with Gasteiger partial charge in [-0.05, 0) is 45.3 Å². The van der Waals surface area contributed by atoms with Crippen LogP contribution < -0.4 is 5.32 Å². The fourth-order valence-electron chi connectivity index (χ4n) is 3.74. The van der Waals surface area contributed by atoms with Crippen LogP contribution in [0.15, 0.2) is 29.2 Å². The van der Waals surface area contributed by atoms with Gasteiger partial charge < -0.3 is 9.88 Å². The van der Waals surface area contributed by atoms with Crippen molar-refractivity contribution in [2.75, 3.05) is 19.6 Å². The highest BCUT2D eigenvalue weighted by atomic mass is 35.5. The number of halogens is 1. The molecule has 1 saturated heterocycles. The second-order valence-electron chi connectivity index (χ2n) is 6.59. The molecule has 0 saturated carbocycles. The summed E-state index contributed by atoms with van der Waals surface area (Å²) in [7, 11) is -1.58. The van der Waals surface area contributed by atoms with Gasteiger partial charge in [-0.2, -0.15) is 4.31 Å². The number of para-hydroxylation sites is 1. The van der Waals surface area contributed by atoms with Crippen LogP contribution in [0, 0.1) is 6.92 Å². The molecule has 1 aromatic heterocycles. The van der Waals surface area contributed by atoms with E-state index < -0.39 is 10.0 Å². The highest BCUT2D eigenvalue weighted by Gasteiger charge is 2.35. The van der Waals surface area contributed by atoms with Gasteiger partial charge in [-0.3, -0.25) is 0 Å². The summed E-state index contributed by atoms with van der Waals surface area (Å²) in [5.74, 6) is 0. The van der Waals surface area contributed by atoms with Gasteiger partial charge in [0.15, 0.2) is 0 Å². The number of aryl methyl sites for hydroxylation is 1. The monoisotopic (exact) mass is 385 g/mol. The van der Waals surface area contributed by atoms with E-state index in [1.54, 1.807) is 4.31 Å². The van der Waals surface area contributed by atoms with Gasteiger partial charge in [0, 0.05) is 36.2 Å². The van der Waals surface area contributed by atoms with E-state index in [9.17, 15) is 8.42 Å². The van der Waals surface area contributed by atoms with E-state index in [0.29, 0.717) is 11.4 Å². The molecule has 7 heteroatoms. The number of sulfonamides is 1. The van der Waals surface area contributed by atoms with Gasteiger partial charge in [0.2, 0.25) is 10.0 Å². The van der Waals surface area contributed by atoms with Crippen molar-refractivity contribution in [3.63, 3.8) is 0 Å². The topological polar surface area (TPSA) is 54.3 Å². The molecule has 140 valence electrons. The number of nitrogens with one attached hydrogen (secondary N) is 1. The Bertz CT molecular complexity index is 826. The Morgan fingerprint density at radius 3 is 2.52 bits per heavy atom. The van der Waals surface area contributed by atoms with Gasteiger partial charge in [0.1, 0.15) is 4.90 Å². The standard InChI is InChI=1S/C18H27N3O2S.ClH/c1-4-13-21(15-9-11-19-12-10-15)24(22,23)18-14(2)20(3)17-8-6-5-7-16(17)18;/h5-8,15,19H,4,9-13H2,1-3H3;1H. The van der Waals surface area contributed by atoms with Crippen LogP contribution in [0.5, 0.6) is 0 Å². The lowest BCUT2D eigenvalue weighted by atomic mass is 10.1. The summed E-state index contributed by atoms with van der Waals surface area (Å²) in [5, 5.41) is 4.15. The van der Waals surface area contributed by atoms with E-state index in [4.69, 9.17) is 0 Å². The van der Waals surface area contributed by atoms with Gasteiger partial charge in [-0.15, -0.1) is 12.4 Å². The van der Waals surface area contributed by atoms with Crippen LogP contribution in [-0.2, 0) is 17.1 Å². The highest BCUT2D eigenvalue weighted by Crippen LogP contribution is 2.33. The summed E-state index contributed by atoms with van der Waals surface area (Å²) in [4.78, 5) is 0.479. The van der Waals surface area contributed by atoms with E-state index in [-0.39, 0.29) is 18.4 Å². The van der Waals surface area contributed by atoms with Crippen LogP contribution in [0.4, 0.5) is 0 Å². The van der Waals surface area contributed by atoms with Gasteiger partial charge in [0.05, 0.1) is 0 Å². The van der Waals surface area contributed by atoms with E-state index in [2.05, 4.69) is 5.32 Å². The van der Waals surface area contributed by atoms with Gasteiger partial charge in [0.25, 0.3) is 0 Å². The van der Waals surface area contributed by atoms with Crippen molar-refractivity contribution in [3.8, 4) is 0 Å². The zero-order valence-corrected chi connectivity index (χ0v) is 16.8. The summed E-state index contributed by atoms with van der Waals surface area (Å²) in [6.45, 7) is 6.29. The molecule has 0 atom stereocenters. The minimum Gasteiger partial charge on any atom is -0.347 e. The molecule has 0 amide bonds. The Balaban J connectivity index is 0.00000225. The molecule has 2 heterocycles. The predicted octanol–water partition coefficient (Wildman–Crippen LogP) is 3.06. The van der Waals surface area contributed by atoms with E-state index >= 15 is 0 Å². The molecule has 1 aliphatic rings. The Morgan fingerprint density at radius 2 is 1.88 bits per heavy atom. The second kappa shape index (κ2) is 8.08. The van der Waals surface area contributed by atoms with Crippen LogP contribution in [0.3, 0.4) is 0 Å². The maximum Gasteiger partial charge on any atom is 0.245 e. The molecular formula is C18H28ClN3O2S. The number of hydrogen-bond acceptors (Lipinski definition) is 3. The van der Waals surface area contributed by atoms with Crippen molar-refractivity contribution in [1.82, 2.24) is 14.2 Å². The number of piperidine rings is 1. The summed E-state index contributed by atoms with van der Waals surface area (Å²) in [5.41, 5.74) is 1.78. The van der Waals surface area contributed by atoms with Gasteiger partial charge >= 0.3 is 0 Å². The predicted molar refractivity (Wildman–Crippen MR) is 105 cm³/mol. The molecular weight excluding hydrogens is 358 g/mol. The van der Waals surface area contributed by atoms with Crippen molar-refractivity contribution in [2.24, 2.45) is 7.05 Å². The van der Waals surface area contributed by atoms with Crippen molar-refractivity contribution in [2.45, 2.75) is 44.0 Å². The zero-order chi connectivity index (χ0) is 17.3. The lowest BCUT2D eigenvalue weighted by molar-refractivity contribution is 0.262. The van der Waals surface area contributed by atoms with Crippen LogP contribution >= 0.6 is 12.4 Å². The van der Waals surface area contributed by atoms with Crippen LogP contribution in [0.25, 0.3) is 10.9 Å². The number of rotatable bonds is 5. The minimum atomic E-state index is -3.51. The van der Waals surface area contributed by atoms with Crippen molar-refractivity contribution in [1.29, 1.82) is 0 Å². The van der Waals surface area contributed by atoms with Crippen LogP contribution in [0.1, 0.15) is 31.9 Å². The third-order valence-electron chi connectivity index (χ3n) is 5.07. The molecule has 0 radical (unpaired) electrons. The van der Waals surface area contributed by atoms with E-state index in [1.807, 2.05) is 49.7 Å². The third kappa shape index (κ3) is 3.58. The maximum atomic E-state index is 13.6. The summed E-state index contributed by atoms with van der Waals surface area (Å²) < 4.78 is 30.9. The highest BCUT2D eigenvalue weighted by molar-refractivity contribution is 7.89. The summed E-state index contributed by atoms with van der Waals surface area (Å²) in [6.07, 6.45) is 2.58. The molecule has 0 spiro atoms. The lowest BCUT2D eigenvalue weighted by Gasteiger charge is -2.33. The Labute approximate surface area is 156 Å². The first kappa shape index (κ1) is 20.2. The molecule has 1 N–H and O–H groups in total. The normalized spacial score (nSPS) is 16.3. The number of aromatic nitrogens is 1. The number of fused-ring (bicyclic) bond motifs is 1. The van der Waals surface area contributed by atoms with Crippen LogP contribution in [-0.4, -0.2) is 43.0 Å². The van der Waals surface area contributed by atoms with Crippen molar-refractivity contribution in [3.05, 3.63) is 30.0 Å². The van der Waals surface area contributed by atoms with Gasteiger partial charge in [-0.25, -0.2) is 8.42 Å². The molecule has 1 aliphatic heterocycles. The quantitative estimate of drug-likeness (QED) is 0.860. The van der Waals surface area contributed by atoms with Crippen molar-refractivity contribution >= 4 is 33.3 Å². The molecule has 2 aromatic rings. The Morgan fingerprint density at radius 1 is 1.24 bits per heavy atom. The minimum absolute atomic E-state index is 0. The smallest absolute Gasteiger partial charge is 0.245 e. The molecule has 5 nitrogen and oxygen atoms in total. The number of benzene rings is 1.